The maximum Gasteiger partial charge on any atom is 0.326 e. The van der Waals surface area contributed by atoms with Gasteiger partial charge in [0.15, 0.2) is 4.80 Å². The van der Waals surface area contributed by atoms with E-state index in [0.717, 1.165) is 15.8 Å². The number of aryl methyl sites for hydroxylation is 1. The van der Waals surface area contributed by atoms with Gasteiger partial charge in [-0.3, -0.25) is 4.79 Å². The van der Waals surface area contributed by atoms with Crippen molar-refractivity contribution >= 4 is 33.4 Å². The van der Waals surface area contributed by atoms with Gasteiger partial charge in [0.1, 0.15) is 6.04 Å². The van der Waals surface area contributed by atoms with Crippen LogP contribution in [0.3, 0.4) is 0 Å². The molecule has 3 aromatic rings. The number of carboxylic acids is 1. The molecular weight excluding hydrogens is 336 g/mol. The molecule has 1 atom stereocenters. The normalized spacial score (nSPS) is 13.1. The van der Waals surface area contributed by atoms with E-state index in [2.05, 4.69) is 4.99 Å². The highest BCUT2D eigenvalue weighted by Gasteiger charge is 2.18. The van der Waals surface area contributed by atoms with Crippen LogP contribution in [0.15, 0.2) is 59.6 Å². The highest BCUT2D eigenvalue weighted by atomic mass is 32.1. The van der Waals surface area contributed by atoms with E-state index in [-0.39, 0.29) is 5.91 Å². The summed E-state index contributed by atoms with van der Waals surface area (Å²) in [6.07, 6.45) is 0.905. The second-order valence-corrected chi connectivity index (χ2v) is 6.74. The number of carboxylic acid groups (broad SMARTS) is 1. The van der Waals surface area contributed by atoms with Gasteiger partial charge >= 0.3 is 5.97 Å². The molecule has 0 fully saturated rings. The van der Waals surface area contributed by atoms with Gasteiger partial charge in [0.25, 0.3) is 0 Å². The smallest absolute Gasteiger partial charge is 0.326 e. The van der Waals surface area contributed by atoms with Gasteiger partial charge in [0.2, 0.25) is 5.91 Å². The minimum absolute atomic E-state index is 0.248. The average molecular weight is 354 g/mol. The summed E-state index contributed by atoms with van der Waals surface area (Å²) in [7, 11) is 0. The van der Waals surface area contributed by atoms with E-state index in [1.807, 2.05) is 54.6 Å². The number of fused-ring (bicyclic) bond motifs is 1. The van der Waals surface area contributed by atoms with E-state index in [1.54, 1.807) is 11.5 Å². The number of thiazole rings is 1. The number of amides is 1. The number of aliphatic carboxylic acids is 1. The van der Waals surface area contributed by atoms with Crippen molar-refractivity contribution in [2.75, 3.05) is 0 Å². The van der Waals surface area contributed by atoms with E-state index in [0.29, 0.717) is 17.6 Å². The Balaban J connectivity index is 1.93. The average Bonchev–Trinajstić information content (AvgIpc) is 2.97. The van der Waals surface area contributed by atoms with Crippen LogP contribution in [0.2, 0.25) is 0 Å². The molecule has 1 heterocycles. The van der Waals surface area contributed by atoms with Crippen molar-refractivity contribution in [3.8, 4) is 0 Å². The van der Waals surface area contributed by atoms with Gasteiger partial charge in [-0.25, -0.2) is 4.79 Å². The molecule has 2 aromatic carbocycles. The van der Waals surface area contributed by atoms with Crippen molar-refractivity contribution < 1.29 is 14.7 Å². The molecule has 1 N–H and O–H groups in total. The van der Waals surface area contributed by atoms with Gasteiger partial charge in [-0.15, -0.1) is 0 Å². The Bertz CT molecular complexity index is 973. The molecule has 0 aliphatic carbocycles. The number of hydrogen-bond donors (Lipinski definition) is 1. The predicted molar refractivity (Wildman–Crippen MR) is 97.5 cm³/mol. The number of benzene rings is 2. The van der Waals surface area contributed by atoms with Gasteiger partial charge in [-0.2, -0.15) is 4.99 Å². The third kappa shape index (κ3) is 3.85. The highest BCUT2D eigenvalue weighted by Crippen LogP contribution is 2.20. The first-order valence-electron chi connectivity index (χ1n) is 8.00. The summed E-state index contributed by atoms with van der Waals surface area (Å²) in [5.74, 6) is -1.21. The number of nitrogens with zero attached hydrogens (tertiary/aromatic N) is 2. The van der Waals surface area contributed by atoms with Crippen LogP contribution >= 0.6 is 11.3 Å². The molecule has 6 heteroatoms. The molecular formula is C19H18N2O3S. The third-order valence-corrected chi connectivity index (χ3v) is 5.00. The first-order chi connectivity index (χ1) is 12.1. The lowest BCUT2D eigenvalue weighted by atomic mass is 10.1. The Labute approximate surface area is 148 Å². The van der Waals surface area contributed by atoms with Crippen molar-refractivity contribution in [2.45, 2.75) is 25.8 Å². The second-order valence-electron chi connectivity index (χ2n) is 5.73. The number of carbonyl (C=O) groups excluding carboxylic acids is 1. The monoisotopic (exact) mass is 354 g/mol. The van der Waals surface area contributed by atoms with Crippen LogP contribution in [0, 0.1) is 0 Å². The number of hydrogen-bond acceptors (Lipinski definition) is 3. The summed E-state index contributed by atoms with van der Waals surface area (Å²) >= 11 is 1.33. The second kappa shape index (κ2) is 7.44. The van der Waals surface area contributed by atoms with E-state index in [9.17, 15) is 14.7 Å². The molecule has 0 aliphatic rings. The number of carbonyl (C=O) groups is 2. The number of rotatable bonds is 5. The molecule has 0 spiro atoms. The van der Waals surface area contributed by atoms with Gasteiger partial charge in [0, 0.05) is 6.42 Å². The van der Waals surface area contributed by atoms with Crippen molar-refractivity contribution in [2.24, 2.45) is 4.99 Å². The molecule has 1 unspecified atom stereocenters. The zero-order valence-electron chi connectivity index (χ0n) is 13.8. The van der Waals surface area contributed by atoms with E-state index in [4.69, 9.17) is 0 Å². The summed E-state index contributed by atoms with van der Waals surface area (Å²) < 4.78 is 2.52. The zero-order valence-corrected chi connectivity index (χ0v) is 14.6. The Kier molecular flexibility index (Phi) is 5.09. The van der Waals surface area contributed by atoms with Crippen LogP contribution < -0.4 is 4.80 Å². The Morgan fingerprint density at radius 1 is 1.12 bits per heavy atom. The fraction of sp³-hybridized carbons (Fsp3) is 0.211. The van der Waals surface area contributed by atoms with Crippen LogP contribution in [0.25, 0.3) is 10.2 Å². The maximum absolute atomic E-state index is 12.3. The molecule has 1 amide bonds. The summed E-state index contributed by atoms with van der Waals surface area (Å²) in [6.45, 7) is 1.59. The molecule has 0 radical (unpaired) electrons. The molecule has 1 aromatic heterocycles. The lowest BCUT2D eigenvalue weighted by Crippen LogP contribution is -2.25. The van der Waals surface area contributed by atoms with Gasteiger partial charge in [-0.1, -0.05) is 53.8 Å². The lowest BCUT2D eigenvalue weighted by Gasteiger charge is -2.09. The SMILES string of the molecule is CC(C(=O)O)n1c(=NC(=O)CCc2ccccc2)sc2ccccc21. The predicted octanol–water partition coefficient (Wildman–Crippen LogP) is 3.41. The fourth-order valence-corrected chi connectivity index (χ4v) is 3.73. The molecule has 25 heavy (non-hydrogen) atoms. The highest BCUT2D eigenvalue weighted by molar-refractivity contribution is 7.16. The lowest BCUT2D eigenvalue weighted by molar-refractivity contribution is -0.140. The minimum atomic E-state index is -0.957. The van der Waals surface area contributed by atoms with E-state index in [1.165, 1.54) is 11.3 Å². The molecule has 0 bridgehead atoms. The quantitative estimate of drug-likeness (QED) is 0.763. The van der Waals surface area contributed by atoms with Crippen molar-refractivity contribution in [1.82, 2.24) is 4.57 Å². The minimum Gasteiger partial charge on any atom is -0.480 e. The largest absolute Gasteiger partial charge is 0.480 e. The molecule has 0 saturated heterocycles. The van der Waals surface area contributed by atoms with Crippen LogP contribution in [-0.2, 0) is 16.0 Å². The van der Waals surface area contributed by atoms with Crippen LogP contribution in [-0.4, -0.2) is 21.6 Å². The Morgan fingerprint density at radius 2 is 1.80 bits per heavy atom. The van der Waals surface area contributed by atoms with Crippen LogP contribution in [0.4, 0.5) is 0 Å². The first-order valence-corrected chi connectivity index (χ1v) is 8.82. The molecule has 0 saturated carbocycles. The van der Waals surface area contributed by atoms with Crippen molar-refractivity contribution in [3.63, 3.8) is 0 Å². The van der Waals surface area contributed by atoms with E-state index >= 15 is 0 Å². The summed E-state index contributed by atoms with van der Waals surface area (Å²) in [6, 6.07) is 16.4. The maximum atomic E-state index is 12.3. The Morgan fingerprint density at radius 3 is 2.52 bits per heavy atom. The van der Waals surface area contributed by atoms with Crippen molar-refractivity contribution in [1.29, 1.82) is 0 Å². The molecule has 5 nitrogen and oxygen atoms in total. The van der Waals surface area contributed by atoms with Crippen LogP contribution in [0.5, 0.6) is 0 Å². The molecule has 0 aliphatic heterocycles. The summed E-state index contributed by atoms with van der Waals surface area (Å²) in [5.41, 5.74) is 1.85. The zero-order chi connectivity index (χ0) is 17.8. The van der Waals surface area contributed by atoms with Crippen molar-refractivity contribution in [3.05, 3.63) is 65.0 Å². The number of aromatic nitrogens is 1. The number of para-hydroxylation sites is 1. The first kappa shape index (κ1) is 17.1. The Hall–Kier alpha value is -2.73. The standard InChI is InChI=1S/C19H18N2O3S/c1-13(18(23)24)21-15-9-5-6-10-16(15)25-19(21)20-17(22)12-11-14-7-3-2-4-8-14/h2-10,13H,11-12H2,1H3,(H,23,24). The summed E-state index contributed by atoms with van der Waals surface area (Å²) in [4.78, 5) is 28.4. The van der Waals surface area contributed by atoms with E-state index < -0.39 is 12.0 Å². The van der Waals surface area contributed by atoms with Gasteiger partial charge < -0.3 is 9.67 Å². The molecule has 3 rings (SSSR count). The van der Waals surface area contributed by atoms with Crippen LogP contribution in [0.1, 0.15) is 24.9 Å². The van der Waals surface area contributed by atoms with Gasteiger partial charge in [-0.05, 0) is 31.0 Å². The van der Waals surface area contributed by atoms with Gasteiger partial charge in [0.05, 0.1) is 10.2 Å². The third-order valence-electron chi connectivity index (χ3n) is 3.97. The molecule has 128 valence electrons. The fourth-order valence-electron chi connectivity index (χ4n) is 2.61. The topological polar surface area (TPSA) is 71.7 Å². The summed E-state index contributed by atoms with van der Waals surface area (Å²) in [5, 5.41) is 9.38.